The number of hydrogen-bond acceptors (Lipinski definition) is 2. The minimum Gasteiger partial charge on any atom is -0.384 e. The molecule has 2 aromatic rings. The highest BCUT2D eigenvalue weighted by atomic mass is 35.5. The lowest BCUT2D eigenvalue weighted by atomic mass is 10.0. The molecule has 0 aliphatic heterocycles. The summed E-state index contributed by atoms with van der Waals surface area (Å²) in [5, 5.41) is 0.613. The van der Waals surface area contributed by atoms with Crippen LogP contribution >= 0.6 is 11.6 Å². The molecule has 3 heteroatoms. The maximum atomic E-state index is 5.96. The fraction of sp³-hybridized carbons (Fsp3) is 0.154. The van der Waals surface area contributed by atoms with Crippen LogP contribution in [0.3, 0.4) is 0 Å². The van der Waals surface area contributed by atoms with Crippen LogP contribution in [0.2, 0.25) is 5.02 Å². The summed E-state index contributed by atoms with van der Waals surface area (Å²) in [6.45, 7) is 4.12. The molecule has 16 heavy (non-hydrogen) atoms. The van der Waals surface area contributed by atoms with Gasteiger partial charge < -0.3 is 5.73 Å². The molecule has 2 nitrogen and oxygen atoms in total. The van der Waals surface area contributed by atoms with Crippen molar-refractivity contribution in [2.45, 2.75) is 13.8 Å². The first kappa shape index (κ1) is 11.0. The Balaban J connectivity index is 2.58. The first-order valence-electron chi connectivity index (χ1n) is 5.07. The third-order valence-corrected chi connectivity index (χ3v) is 2.69. The molecule has 1 heterocycles. The van der Waals surface area contributed by atoms with Gasteiger partial charge in [-0.15, -0.1) is 0 Å². The van der Waals surface area contributed by atoms with Crippen LogP contribution < -0.4 is 5.73 Å². The lowest BCUT2D eigenvalue weighted by Gasteiger charge is -2.07. The Morgan fingerprint density at radius 3 is 2.50 bits per heavy atom. The zero-order chi connectivity index (χ0) is 11.7. The zero-order valence-electron chi connectivity index (χ0n) is 9.29. The first-order chi connectivity index (χ1) is 7.56. The quantitative estimate of drug-likeness (QED) is 0.816. The minimum atomic E-state index is 0.447. The first-order valence-corrected chi connectivity index (χ1v) is 5.45. The van der Waals surface area contributed by atoms with Crippen molar-refractivity contribution in [3.05, 3.63) is 46.5 Å². The fourth-order valence-electron chi connectivity index (χ4n) is 1.76. The second-order valence-corrected chi connectivity index (χ2v) is 4.35. The monoisotopic (exact) mass is 232 g/mol. The van der Waals surface area contributed by atoms with E-state index in [0.29, 0.717) is 10.8 Å². The van der Waals surface area contributed by atoms with Gasteiger partial charge in [-0.2, -0.15) is 0 Å². The van der Waals surface area contributed by atoms with E-state index in [2.05, 4.69) is 31.0 Å². The smallest absolute Gasteiger partial charge is 0.125 e. The van der Waals surface area contributed by atoms with Gasteiger partial charge in [0, 0.05) is 10.6 Å². The summed E-state index contributed by atoms with van der Waals surface area (Å²) in [4.78, 5) is 4.29. The maximum Gasteiger partial charge on any atom is 0.125 e. The molecule has 0 bridgehead atoms. The molecule has 0 aliphatic rings. The van der Waals surface area contributed by atoms with Gasteiger partial charge in [-0.1, -0.05) is 35.4 Å². The lowest BCUT2D eigenvalue weighted by Crippen LogP contribution is -1.94. The molecule has 0 saturated carbocycles. The van der Waals surface area contributed by atoms with Gasteiger partial charge in [0.25, 0.3) is 0 Å². The van der Waals surface area contributed by atoms with E-state index >= 15 is 0 Å². The van der Waals surface area contributed by atoms with Crippen LogP contribution in [0.5, 0.6) is 0 Å². The van der Waals surface area contributed by atoms with Crippen molar-refractivity contribution in [2.75, 3.05) is 5.73 Å². The molecule has 0 saturated heterocycles. The number of aromatic nitrogens is 1. The fourth-order valence-corrected chi connectivity index (χ4v) is 1.97. The molecule has 0 atom stereocenters. The van der Waals surface area contributed by atoms with E-state index in [1.54, 1.807) is 6.07 Å². The van der Waals surface area contributed by atoms with Crippen molar-refractivity contribution in [3.8, 4) is 11.3 Å². The SMILES string of the molecule is Cc1ccc(-c2cc(Cl)cc(N)n2)c(C)c1. The van der Waals surface area contributed by atoms with Crippen LogP contribution in [0.25, 0.3) is 11.3 Å². The largest absolute Gasteiger partial charge is 0.384 e. The summed E-state index contributed by atoms with van der Waals surface area (Å²) in [6.07, 6.45) is 0. The molecule has 2 N–H and O–H groups in total. The number of halogens is 1. The second-order valence-electron chi connectivity index (χ2n) is 3.91. The predicted octanol–water partition coefficient (Wildman–Crippen LogP) is 3.60. The second kappa shape index (κ2) is 4.14. The van der Waals surface area contributed by atoms with Crippen LogP contribution in [0.1, 0.15) is 11.1 Å². The van der Waals surface area contributed by atoms with Crippen LogP contribution in [0.4, 0.5) is 5.82 Å². The average Bonchev–Trinajstić information content (AvgIpc) is 2.15. The van der Waals surface area contributed by atoms with Crippen molar-refractivity contribution < 1.29 is 0 Å². The number of anilines is 1. The Bertz CT molecular complexity index is 515. The predicted molar refractivity (Wildman–Crippen MR) is 68.6 cm³/mol. The number of nitrogens with zero attached hydrogens (tertiary/aromatic N) is 1. The number of aryl methyl sites for hydroxylation is 2. The summed E-state index contributed by atoms with van der Waals surface area (Å²) in [6, 6.07) is 9.70. The average molecular weight is 233 g/mol. The highest BCUT2D eigenvalue weighted by Crippen LogP contribution is 2.26. The van der Waals surface area contributed by atoms with Crippen LogP contribution in [0.15, 0.2) is 30.3 Å². The van der Waals surface area contributed by atoms with Crippen LogP contribution in [0, 0.1) is 13.8 Å². The molecule has 0 amide bonds. The van der Waals surface area contributed by atoms with Gasteiger partial charge >= 0.3 is 0 Å². The Labute approximate surface area is 100 Å². The molecule has 0 fully saturated rings. The minimum absolute atomic E-state index is 0.447. The van der Waals surface area contributed by atoms with E-state index in [1.165, 1.54) is 11.1 Å². The number of nitrogens with two attached hydrogens (primary N) is 1. The van der Waals surface area contributed by atoms with E-state index in [1.807, 2.05) is 12.1 Å². The Morgan fingerprint density at radius 2 is 1.88 bits per heavy atom. The van der Waals surface area contributed by atoms with E-state index in [0.717, 1.165) is 11.3 Å². The third kappa shape index (κ3) is 2.17. The van der Waals surface area contributed by atoms with Gasteiger partial charge in [-0.25, -0.2) is 4.98 Å². The summed E-state index contributed by atoms with van der Waals surface area (Å²) < 4.78 is 0. The topological polar surface area (TPSA) is 38.9 Å². The van der Waals surface area contributed by atoms with Gasteiger partial charge in [0.15, 0.2) is 0 Å². The van der Waals surface area contributed by atoms with Crippen molar-refractivity contribution >= 4 is 17.4 Å². The summed E-state index contributed by atoms with van der Waals surface area (Å²) in [5.74, 6) is 0.447. The van der Waals surface area contributed by atoms with E-state index in [4.69, 9.17) is 17.3 Å². The van der Waals surface area contributed by atoms with Crippen molar-refractivity contribution in [1.29, 1.82) is 0 Å². The van der Waals surface area contributed by atoms with E-state index in [-0.39, 0.29) is 0 Å². The highest BCUT2D eigenvalue weighted by Gasteiger charge is 2.05. The van der Waals surface area contributed by atoms with Gasteiger partial charge in [0.2, 0.25) is 0 Å². The Morgan fingerprint density at radius 1 is 1.12 bits per heavy atom. The molecule has 1 aromatic carbocycles. The molecule has 0 radical (unpaired) electrons. The number of rotatable bonds is 1. The molecule has 2 rings (SSSR count). The van der Waals surface area contributed by atoms with Crippen LogP contribution in [-0.2, 0) is 0 Å². The van der Waals surface area contributed by atoms with Crippen molar-refractivity contribution in [2.24, 2.45) is 0 Å². The number of pyridine rings is 1. The standard InChI is InChI=1S/C13H13ClN2/c1-8-3-4-11(9(2)5-8)12-6-10(14)7-13(15)16-12/h3-7H,1-2H3,(H2,15,16). The molecule has 82 valence electrons. The molecule has 0 unspecified atom stereocenters. The maximum absolute atomic E-state index is 5.96. The number of hydrogen-bond donors (Lipinski definition) is 1. The van der Waals surface area contributed by atoms with Crippen LogP contribution in [-0.4, -0.2) is 4.98 Å². The molecular weight excluding hydrogens is 220 g/mol. The lowest BCUT2D eigenvalue weighted by molar-refractivity contribution is 1.30. The third-order valence-electron chi connectivity index (χ3n) is 2.47. The summed E-state index contributed by atoms with van der Waals surface area (Å²) in [7, 11) is 0. The highest BCUT2D eigenvalue weighted by molar-refractivity contribution is 6.31. The van der Waals surface area contributed by atoms with Gasteiger partial charge in [0.1, 0.15) is 5.82 Å². The van der Waals surface area contributed by atoms with Gasteiger partial charge in [-0.3, -0.25) is 0 Å². The number of nitrogen functional groups attached to an aromatic ring is 1. The zero-order valence-corrected chi connectivity index (χ0v) is 10.0. The molecule has 1 aromatic heterocycles. The number of benzene rings is 1. The van der Waals surface area contributed by atoms with E-state index < -0.39 is 0 Å². The van der Waals surface area contributed by atoms with Crippen molar-refractivity contribution in [1.82, 2.24) is 4.98 Å². The molecular formula is C13H13ClN2. The summed E-state index contributed by atoms with van der Waals surface area (Å²) in [5.41, 5.74) is 9.98. The normalized spacial score (nSPS) is 10.4. The Hall–Kier alpha value is -1.54. The van der Waals surface area contributed by atoms with E-state index in [9.17, 15) is 0 Å². The Kier molecular flexibility index (Phi) is 2.84. The van der Waals surface area contributed by atoms with Crippen molar-refractivity contribution in [3.63, 3.8) is 0 Å². The summed E-state index contributed by atoms with van der Waals surface area (Å²) >= 11 is 5.96. The van der Waals surface area contributed by atoms with Gasteiger partial charge in [-0.05, 0) is 31.5 Å². The molecule has 0 aliphatic carbocycles. The molecule has 0 spiro atoms. The van der Waals surface area contributed by atoms with Gasteiger partial charge in [0.05, 0.1) is 5.69 Å².